The van der Waals surface area contributed by atoms with Crippen LogP contribution in [0, 0.1) is 16.0 Å². The van der Waals surface area contributed by atoms with Gasteiger partial charge in [0, 0.05) is 83.7 Å². The molecule has 5 heterocycles. The molecule has 4 aromatic carbocycles. The minimum absolute atomic E-state index is 0.0123. The molecule has 2 aromatic heterocycles. The molecule has 2 saturated heterocycles. The number of aliphatic carboxylic acids is 1. The van der Waals surface area contributed by atoms with E-state index < -0.39 is 179 Å². The number of H-pyrrole nitrogens is 1. The van der Waals surface area contributed by atoms with Crippen molar-refractivity contribution in [2.45, 2.75) is 126 Å². The van der Waals surface area contributed by atoms with Crippen molar-refractivity contribution in [3.05, 3.63) is 149 Å². The smallest absolute Gasteiger partial charge is 0.407 e. The summed E-state index contributed by atoms with van der Waals surface area (Å²) in [6, 6.07) is 12.1. The molecule has 3 amide bonds. The Morgan fingerprint density at radius 2 is 1.59 bits per heavy atom. The van der Waals surface area contributed by atoms with Gasteiger partial charge in [0.2, 0.25) is 23.9 Å². The highest BCUT2D eigenvalue weighted by molar-refractivity contribution is 6.31. The number of rotatable bonds is 35. The molecule has 0 radical (unpaired) electrons. The lowest BCUT2D eigenvalue weighted by atomic mass is 9.73. The first-order chi connectivity index (χ1) is 53.3. The maximum absolute atomic E-state index is 14.3. The topological polar surface area (TPSA) is 581 Å². The number of nitro benzene ring substituents is 1. The molecule has 40 nitrogen and oxygen atoms in total. The number of phenols is 2. The molecule has 3 aliphatic heterocycles. The number of carbonyl (C=O) groups is 7. The third-order valence-electron chi connectivity index (χ3n) is 18.9. The second-order valence-corrected chi connectivity index (χ2v) is 26.4. The Labute approximate surface area is 629 Å². The van der Waals surface area contributed by atoms with Gasteiger partial charge in [-0.15, -0.1) is 5.53 Å². The maximum atomic E-state index is 14.3. The molecule has 12 atom stereocenters. The summed E-state index contributed by atoms with van der Waals surface area (Å²) in [4.78, 5) is 133. The van der Waals surface area contributed by atoms with E-state index >= 15 is 0 Å². The molecule has 0 saturated carbocycles. The number of hydrogen-bond acceptors (Lipinski definition) is 34. The molecule has 6 unspecified atom stereocenters. The lowest BCUT2D eigenvalue weighted by molar-refractivity contribution is -0.387. The lowest BCUT2D eigenvalue weighted by Gasteiger charge is -2.39. The maximum Gasteiger partial charge on any atom is 0.407 e. The number of aliphatic hydroxyl groups is 5. The number of carboxylic acid groups (broad SMARTS) is 1. The number of carbonyl (C=O) groups excluding carboxylic acids is 6. The van der Waals surface area contributed by atoms with Gasteiger partial charge in [-0.1, -0.05) is 18.2 Å². The summed E-state index contributed by atoms with van der Waals surface area (Å²) in [7, 11) is 1.30. The minimum Gasteiger partial charge on any atom is -0.507 e. The van der Waals surface area contributed by atoms with Crippen molar-refractivity contribution < 1.29 is 122 Å². The number of Topliss-reactive ketones (excluding diaryl/α,β-unsaturated/α-hetero) is 1. The van der Waals surface area contributed by atoms with Crippen molar-refractivity contribution in [2.24, 2.45) is 5.92 Å². The zero-order valence-corrected chi connectivity index (χ0v) is 59.7. The molecule has 11 rings (SSSR count). The third kappa shape index (κ3) is 19.4. The van der Waals surface area contributed by atoms with Gasteiger partial charge in [0.1, 0.15) is 60.4 Å². The number of benzene rings is 4. The number of methoxy groups -OCH3 is 1. The number of hydrogen-bond donors (Lipinski definition) is 16. The molecule has 2 fully saturated rings. The zero-order chi connectivity index (χ0) is 79.3. The lowest BCUT2D eigenvalue weighted by Crippen LogP contribution is -2.60. The van der Waals surface area contributed by atoms with E-state index in [4.69, 9.17) is 48.4 Å². The molecule has 111 heavy (non-hydrogen) atoms. The normalized spacial score (nSPS) is 21.8. The molecule has 0 spiro atoms. The van der Waals surface area contributed by atoms with Gasteiger partial charge in [-0.2, -0.15) is 4.98 Å². The Balaban J connectivity index is 0.664. The number of alkyl carbamates (subject to hydrolysis) is 1. The van der Waals surface area contributed by atoms with Gasteiger partial charge in [0.25, 0.3) is 11.5 Å². The van der Waals surface area contributed by atoms with Crippen molar-refractivity contribution in [1.82, 2.24) is 51.9 Å². The molecule has 17 N–H and O–H groups in total. The number of nitrogen functional groups attached to an aromatic ring is 1. The number of fused-ring (bicyclic) bond motifs is 4. The van der Waals surface area contributed by atoms with Crippen LogP contribution < -0.4 is 53.0 Å². The van der Waals surface area contributed by atoms with E-state index in [1.165, 1.54) is 49.7 Å². The van der Waals surface area contributed by atoms with Crippen LogP contribution in [-0.2, 0) is 60.5 Å². The average Bonchev–Trinajstić information content (AvgIpc) is 0.722. The van der Waals surface area contributed by atoms with Crippen LogP contribution in [0.2, 0.25) is 0 Å². The number of amides is 3. The van der Waals surface area contributed by atoms with Crippen molar-refractivity contribution in [3.63, 3.8) is 0 Å². The van der Waals surface area contributed by atoms with E-state index in [-0.39, 0.29) is 154 Å². The molecule has 594 valence electrons. The van der Waals surface area contributed by atoms with Crippen molar-refractivity contribution in [2.75, 3.05) is 84.1 Å². The molecule has 2 aliphatic carbocycles. The van der Waals surface area contributed by atoms with E-state index in [2.05, 4.69) is 52.2 Å². The number of nitrogens with zero attached hydrogens (tertiary/aromatic N) is 5. The largest absolute Gasteiger partial charge is 0.507 e. The SMILES string of the molecule is COc1cccc2c1C(=O)c1c(O)c3c(c(O)c1C2=O)CC(C(=O)CO)C[C@@H]3OC1CC(NC(=O)O[C@@H](CC2=CN(CCOCCOCCOCCNC(=O)[C@H](CCC(=O)O)NC(=O)c3ccc(NCc4cnc5nc(N)[nH]c(=O)c5n4)cc3)NN2)c2ccc(O[C@@H]3OC(CO)[C@H](O)C(O)[C@@H]3O)c([N+](=O)[O-])c2)CC(C)O1. The summed E-state index contributed by atoms with van der Waals surface area (Å²) < 4.78 is 52.3. The summed E-state index contributed by atoms with van der Waals surface area (Å²) >= 11 is 0. The van der Waals surface area contributed by atoms with Crippen LogP contribution in [0.3, 0.4) is 0 Å². The van der Waals surface area contributed by atoms with Crippen molar-refractivity contribution >= 4 is 69.7 Å². The number of anilines is 2. The zero-order valence-electron chi connectivity index (χ0n) is 59.7. The quantitative estimate of drug-likeness (QED) is 0.0109. The highest BCUT2D eigenvalue weighted by Gasteiger charge is 2.47. The van der Waals surface area contributed by atoms with Crippen molar-refractivity contribution in [1.29, 1.82) is 0 Å². The van der Waals surface area contributed by atoms with E-state index in [1.807, 2.05) is 0 Å². The number of nitro groups is 1. The number of aromatic nitrogens is 4. The molecule has 6 aromatic rings. The number of aromatic amines is 1. The fourth-order valence-electron chi connectivity index (χ4n) is 13.4. The summed E-state index contributed by atoms with van der Waals surface area (Å²) in [6.45, 7) is 1.21. The monoisotopic (exact) mass is 1550 g/mol. The number of nitrogens with two attached hydrogens (primary N) is 1. The first-order valence-electron chi connectivity index (χ1n) is 35.2. The Hall–Kier alpha value is -11.1. The molecular formula is C71H83N13O27. The van der Waals surface area contributed by atoms with Crippen LogP contribution in [0.4, 0.5) is 22.1 Å². The van der Waals surface area contributed by atoms with Gasteiger partial charge >= 0.3 is 17.7 Å². The molecule has 40 heteroatoms. The first-order valence-corrected chi connectivity index (χ1v) is 35.2. The van der Waals surface area contributed by atoms with Crippen LogP contribution in [0.1, 0.15) is 122 Å². The second kappa shape index (κ2) is 36.6. The molecular weight excluding hydrogens is 1470 g/mol. The third-order valence-corrected chi connectivity index (χ3v) is 18.9. The van der Waals surface area contributed by atoms with Gasteiger partial charge in [0.05, 0.1) is 112 Å². The average molecular weight is 1550 g/mol. The second-order valence-electron chi connectivity index (χ2n) is 26.4. The Bertz CT molecular complexity index is 4550. The number of nitrogens with one attached hydrogen (secondary N) is 7. The molecule has 0 bridgehead atoms. The van der Waals surface area contributed by atoms with Crippen LogP contribution in [0.15, 0.2) is 83.6 Å². The Kier molecular flexibility index (Phi) is 26.6. The Morgan fingerprint density at radius 1 is 0.856 bits per heavy atom. The van der Waals surface area contributed by atoms with Crippen LogP contribution in [0.25, 0.3) is 11.2 Å². The van der Waals surface area contributed by atoms with E-state index in [9.17, 15) is 89.3 Å². The number of ether oxygens (including phenoxy) is 9. The van der Waals surface area contributed by atoms with Crippen LogP contribution in [0.5, 0.6) is 23.0 Å². The van der Waals surface area contributed by atoms with Gasteiger partial charge in [-0.25, -0.2) is 14.8 Å². The number of aromatic hydroxyl groups is 2. The highest BCUT2D eigenvalue weighted by Crippen LogP contribution is 2.52. The summed E-state index contributed by atoms with van der Waals surface area (Å²) in [5.41, 5.74) is 10.6. The van der Waals surface area contributed by atoms with Gasteiger partial charge in [-0.05, 0) is 74.6 Å². The summed E-state index contributed by atoms with van der Waals surface area (Å²) in [6.07, 6.45) is -12.4. The van der Waals surface area contributed by atoms with Gasteiger partial charge in [-0.3, -0.25) is 53.7 Å². The highest BCUT2D eigenvalue weighted by atomic mass is 16.7. The summed E-state index contributed by atoms with van der Waals surface area (Å²) in [5, 5.41) is 110. The number of carboxylic acids is 1. The number of ketones is 3. The molecule has 5 aliphatic rings. The number of hydrazine groups is 2. The standard InChI is InChI=1S/C71H83N13O27/c1-33-22-38(27-52(107-33)108-49-25-36(45(87)31-85)23-42-54(49)62(94)56-55(59(42)91)58(90)41-4-3-5-47(103-2)53(41)61(56)93)77-71(100)111-48(35-8-12-46(44(24-35)84(101)102)109-69-64(96)63(95)60(92)50(32-86)110-69)26-39-30-83(82-81-39)15-17-105-19-21-106-20-18-104-16-14-73-67(98)43(11-13-51(88)89)78-66(97)34-6-9-37(10-7-34)74-28-40-29-75-65-57(76-40)68(99)80-70(72)79-65/h3-10,12,24,29-30,33,36,38,43,48-50,52,60,63-64,69,74,81-82,85-86,91-92,94-96H,11,13-23,25-28,31-32H2,1-2H3,(H,73,98)(H,77,100)(H,78,97)(H,88,89)(H3,72,75,79,80,99)/t33?,36?,38?,43-,48-,49-,50?,52?,60-,63?,64-,69+/m0/s1. The van der Waals surface area contributed by atoms with E-state index in [0.717, 1.165) is 12.1 Å². The summed E-state index contributed by atoms with van der Waals surface area (Å²) in [5.74, 6) is -7.59. The van der Waals surface area contributed by atoms with Crippen LogP contribution >= 0.6 is 0 Å². The van der Waals surface area contributed by atoms with E-state index in [0.29, 0.717) is 17.1 Å². The predicted molar refractivity (Wildman–Crippen MR) is 380 cm³/mol. The number of phenolic OH excluding ortho intramolecular Hbond substituents is 2. The van der Waals surface area contributed by atoms with Crippen molar-refractivity contribution in [3.8, 4) is 23.0 Å². The Morgan fingerprint density at radius 3 is 2.32 bits per heavy atom. The van der Waals surface area contributed by atoms with E-state index in [1.54, 1.807) is 30.3 Å². The predicted octanol–water partition coefficient (Wildman–Crippen LogP) is 0.118. The first kappa shape index (κ1) is 80.9. The fourth-order valence-corrected chi connectivity index (χ4v) is 13.4. The van der Waals surface area contributed by atoms with Gasteiger partial charge < -0.3 is 116 Å². The number of aliphatic hydroxyl groups excluding tert-OH is 5. The minimum atomic E-state index is -1.93. The van der Waals surface area contributed by atoms with Crippen LogP contribution in [-0.4, -0.2) is 240 Å². The van der Waals surface area contributed by atoms with Gasteiger partial charge in [0.15, 0.2) is 34.8 Å². The fraction of sp³-hybridized carbons (Fsp3) is 0.451.